The molecule has 0 bridgehead atoms. The fraction of sp³-hybridized carbons (Fsp3) is 0.900. The van der Waals surface area contributed by atoms with Crippen LogP contribution < -0.4 is 5.32 Å². The van der Waals surface area contributed by atoms with Crippen molar-refractivity contribution in [1.29, 1.82) is 0 Å². The van der Waals surface area contributed by atoms with Crippen molar-refractivity contribution in [2.45, 2.75) is 26.3 Å². The Morgan fingerprint density at radius 1 is 1.64 bits per heavy atom. The van der Waals surface area contributed by atoms with E-state index in [0.29, 0.717) is 12.6 Å². The van der Waals surface area contributed by atoms with Gasteiger partial charge in [-0.2, -0.15) is 0 Å². The van der Waals surface area contributed by atoms with Crippen molar-refractivity contribution >= 4 is 16.9 Å². The van der Waals surface area contributed by atoms with Crippen molar-refractivity contribution in [3.05, 3.63) is 0 Å². The van der Waals surface area contributed by atoms with Gasteiger partial charge in [0.05, 0.1) is 13.2 Å². The van der Waals surface area contributed by atoms with E-state index in [0.717, 1.165) is 23.4 Å². The number of aliphatic imine (C=N–C) groups is 1. The Kier molecular flexibility index (Phi) is 5.33. The van der Waals surface area contributed by atoms with Crippen LogP contribution in [0.25, 0.3) is 0 Å². The molecule has 1 unspecified atom stereocenters. The SMILES string of the molecule is COCCN=C1NC(CC(C)C)CS1. The van der Waals surface area contributed by atoms with E-state index in [1.54, 1.807) is 7.11 Å². The highest BCUT2D eigenvalue weighted by Crippen LogP contribution is 2.18. The first kappa shape index (κ1) is 11.9. The molecule has 0 radical (unpaired) electrons. The van der Waals surface area contributed by atoms with Crippen LogP contribution in [-0.4, -0.2) is 37.2 Å². The van der Waals surface area contributed by atoms with Gasteiger partial charge in [-0.15, -0.1) is 0 Å². The molecule has 0 aliphatic carbocycles. The van der Waals surface area contributed by atoms with E-state index in [-0.39, 0.29) is 0 Å². The summed E-state index contributed by atoms with van der Waals surface area (Å²) >= 11 is 1.83. The third-order valence-corrected chi connectivity index (χ3v) is 3.15. The van der Waals surface area contributed by atoms with Crippen molar-refractivity contribution in [1.82, 2.24) is 5.32 Å². The predicted molar refractivity (Wildman–Crippen MR) is 63.0 cm³/mol. The number of hydrogen-bond acceptors (Lipinski definition) is 3. The molecule has 14 heavy (non-hydrogen) atoms. The number of hydrogen-bond donors (Lipinski definition) is 1. The molecule has 1 heterocycles. The van der Waals surface area contributed by atoms with Crippen molar-refractivity contribution in [3.63, 3.8) is 0 Å². The zero-order chi connectivity index (χ0) is 10.4. The van der Waals surface area contributed by atoms with Gasteiger partial charge in [0.15, 0.2) is 5.17 Å². The van der Waals surface area contributed by atoms with E-state index in [4.69, 9.17) is 4.74 Å². The Morgan fingerprint density at radius 2 is 2.43 bits per heavy atom. The summed E-state index contributed by atoms with van der Waals surface area (Å²) in [6.07, 6.45) is 1.23. The molecule has 3 nitrogen and oxygen atoms in total. The number of amidine groups is 1. The van der Waals surface area contributed by atoms with Crippen LogP contribution in [0.5, 0.6) is 0 Å². The number of ether oxygens (including phenoxy) is 1. The van der Waals surface area contributed by atoms with Gasteiger partial charge in [0, 0.05) is 18.9 Å². The zero-order valence-electron chi connectivity index (χ0n) is 9.25. The fourth-order valence-corrected chi connectivity index (χ4v) is 2.47. The Morgan fingerprint density at radius 3 is 3.07 bits per heavy atom. The third kappa shape index (κ3) is 4.33. The number of thioether (sulfide) groups is 1. The topological polar surface area (TPSA) is 33.6 Å². The van der Waals surface area contributed by atoms with Gasteiger partial charge in [-0.05, 0) is 12.3 Å². The predicted octanol–water partition coefficient (Wildman–Crippen LogP) is 1.74. The van der Waals surface area contributed by atoms with Crippen molar-refractivity contribution < 1.29 is 4.74 Å². The van der Waals surface area contributed by atoms with E-state index >= 15 is 0 Å². The summed E-state index contributed by atoms with van der Waals surface area (Å²) in [5.74, 6) is 1.91. The lowest BCUT2D eigenvalue weighted by Crippen LogP contribution is -2.28. The van der Waals surface area contributed by atoms with Crippen molar-refractivity contribution in [3.8, 4) is 0 Å². The Bertz CT molecular complexity index is 195. The van der Waals surface area contributed by atoms with E-state index < -0.39 is 0 Å². The van der Waals surface area contributed by atoms with E-state index in [2.05, 4.69) is 24.2 Å². The summed E-state index contributed by atoms with van der Waals surface area (Å²) < 4.78 is 4.95. The van der Waals surface area contributed by atoms with Gasteiger partial charge in [0.25, 0.3) is 0 Å². The lowest BCUT2D eigenvalue weighted by Gasteiger charge is -2.11. The third-order valence-electron chi connectivity index (χ3n) is 2.06. The number of methoxy groups -OCH3 is 1. The molecule has 0 spiro atoms. The van der Waals surface area contributed by atoms with Gasteiger partial charge in [-0.1, -0.05) is 25.6 Å². The van der Waals surface area contributed by atoms with Crippen molar-refractivity contribution in [2.24, 2.45) is 10.9 Å². The lowest BCUT2D eigenvalue weighted by molar-refractivity contribution is 0.208. The molecule has 0 aromatic heterocycles. The fourth-order valence-electron chi connectivity index (χ4n) is 1.46. The Hall–Kier alpha value is -0.220. The van der Waals surface area contributed by atoms with Crippen LogP contribution in [0.15, 0.2) is 4.99 Å². The van der Waals surface area contributed by atoms with Crippen LogP contribution in [0.1, 0.15) is 20.3 Å². The molecule has 0 amide bonds. The summed E-state index contributed by atoms with van der Waals surface area (Å²) in [4.78, 5) is 4.41. The summed E-state index contributed by atoms with van der Waals surface area (Å²) in [5, 5.41) is 4.53. The summed E-state index contributed by atoms with van der Waals surface area (Å²) in [6, 6.07) is 0.612. The number of rotatable bonds is 5. The number of nitrogens with zero attached hydrogens (tertiary/aromatic N) is 1. The van der Waals surface area contributed by atoms with Gasteiger partial charge < -0.3 is 10.1 Å². The smallest absolute Gasteiger partial charge is 0.156 e. The average Bonchev–Trinajstić information content (AvgIpc) is 2.52. The number of nitrogens with one attached hydrogen (secondary N) is 1. The Labute approximate surface area is 90.7 Å². The van der Waals surface area contributed by atoms with Gasteiger partial charge >= 0.3 is 0 Å². The van der Waals surface area contributed by atoms with E-state index in [9.17, 15) is 0 Å². The molecule has 0 aromatic rings. The molecule has 1 N–H and O–H groups in total. The molecule has 1 aliphatic rings. The largest absolute Gasteiger partial charge is 0.383 e. The van der Waals surface area contributed by atoms with Gasteiger partial charge in [-0.3, -0.25) is 4.99 Å². The highest BCUT2D eigenvalue weighted by atomic mass is 32.2. The van der Waals surface area contributed by atoms with Crippen LogP contribution in [0.3, 0.4) is 0 Å². The second kappa shape index (κ2) is 6.30. The first-order valence-electron chi connectivity index (χ1n) is 5.15. The minimum Gasteiger partial charge on any atom is -0.383 e. The molecule has 1 atom stereocenters. The molecule has 1 fully saturated rings. The second-order valence-electron chi connectivity index (χ2n) is 3.96. The lowest BCUT2D eigenvalue weighted by atomic mass is 10.1. The van der Waals surface area contributed by atoms with Crippen molar-refractivity contribution in [2.75, 3.05) is 26.0 Å². The molecule has 0 aromatic carbocycles. The van der Waals surface area contributed by atoms with Crippen LogP contribution in [0.4, 0.5) is 0 Å². The van der Waals surface area contributed by atoms with Crippen LogP contribution in [0.2, 0.25) is 0 Å². The minimum absolute atomic E-state index is 0.612. The van der Waals surface area contributed by atoms with Crippen LogP contribution in [0, 0.1) is 5.92 Å². The van der Waals surface area contributed by atoms with Gasteiger partial charge in [0.1, 0.15) is 0 Å². The molecule has 1 rings (SSSR count). The quantitative estimate of drug-likeness (QED) is 0.711. The first-order chi connectivity index (χ1) is 6.72. The highest BCUT2D eigenvalue weighted by molar-refractivity contribution is 8.14. The van der Waals surface area contributed by atoms with E-state index in [1.165, 1.54) is 6.42 Å². The maximum absolute atomic E-state index is 4.95. The zero-order valence-corrected chi connectivity index (χ0v) is 10.1. The van der Waals surface area contributed by atoms with Gasteiger partial charge in [-0.25, -0.2) is 0 Å². The summed E-state index contributed by atoms with van der Waals surface area (Å²) in [7, 11) is 1.71. The standard InChI is InChI=1S/C10H20N2OS/c1-8(2)6-9-7-14-10(12-9)11-4-5-13-3/h8-9H,4-7H2,1-3H3,(H,11,12). The minimum atomic E-state index is 0.612. The maximum atomic E-state index is 4.95. The normalized spacial score (nSPS) is 24.6. The molecule has 4 heteroatoms. The highest BCUT2D eigenvalue weighted by Gasteiger charge is 2.20. The van der Waals surface area contributed by atoms with E-state index in [1.807, 2.05) is 11.8 Å². The Balaban J connectivity index is 2.22. The van der Waals surface area contributed by atoms with Crippen LogP contribution >= 0.6 is 11.8 Å². The van der Waals surface area contributed by atoms with Crippen LogP contribution in [-0.2, 0) is 4.74 Å². The summed E-state index contributed by atoms with van der Waals surface area (Å²) in [6.45, 7) is 5.99. The molecular weight excluding hydrogens is 196 g/mol. The molecule has 1 aliphatic heterocycles. The van der Waals surface area contributed by atoms with Gasteiger partial charge in [0.2, 0.25) is 0 Å². The monoisotopic (exact) mass is 216 g/mol. The molecular formula is C10H20N2OS. The second-order valence-corrected chi connectivity index (χ2v) is 4.97. The summed E-state index contributed by atoms with van der Waals surface area (Å²) in [5.41, 5.74) is 0. The first-order valence-corrected chi connectivity index (χ1v) is 6.13. The average molecular weight is 216 g/mol. The molecule has 1 saturated heterocycles. The molecule has 0 saturated carbocycles. The maximum Gasteiger partial charge on any atom is 0.156 e. The molecule has 82 valence electrons.